The van der Waals surface area contributed by atoms with E-state index in [1.807, 2.05) is 0 Å². The number of hydrogen-bond acceptors (Lipinski definition) is 2. The standard InChI is InChI=1S/C13H26N2/c1-11(9-12-5-4-6-12)15-8-7-14-10-13(15,2)3/h11-12,14H,4-10H2,1-3H3. The molecule has 2 nitrogen and oxygen atoms in total. The molecule has 0 aromatic carbocycles. The normalized spacial score (nSPS) is 29.8. The van der Waals surface area contributed by atoms with Gasteiger partial charge in [-0.25, -0.2) is 0 Å². The second-order valence-corrected chi connectivity index (χ2v) is 6.06. The van der Waals surface area contributed by atoms with Gasteiger partial charge >= 0.3 is 0 Å². The highest BCUT2D eigenvalue weighted by molar-refractivity contribution is 4.92. The summed E-state index contributed by atoms with van der Waals surface area (Å²) in [6, 6.07) is 0.771. The van der Waals surface area contributed by atoms with E-state index in [1.165, 1.54) is 38.8 Å². The molecule has 2 fully saturated rings. The van der Waals surface area contributed by atoms with Gasteiger partial charge in [0.2, 0.25) is 0 Å². The first-order chi connectivity index (χ1) is 7.09. The third-order valence-electron chi connectivity index (χ3n) is 4.30. The van der Waals surface area contributed by atoms with Gasteiger partial charge < -0.3 is 5.32 Å². The Labute approximate surface area is 94.4 Å². The first-order valence-corrected chi connectivity index (χ1v) is 6.57. The molecule has 1 unspecified atom stereocenters. The van der Waals surface area contributed by atoms with Crippen molar-refractivity contribution in [2.24, 2.45) is 5.92 Å². The Morgan fingerprint density at radius 1 is 1.40 bits per heavy atom. The van der Waals surface area contributed by atoms with E-state index >= 15 is 0 Å². The van der Waals surface area contributed by atoms with Crippen LogP contribution >= 0.6 is 0 Å². The van der Waals surface area contributed by atoms with Crippen LogP contribution in [0.25, 0.3) is 0 Å². The van der Waals surface area contributed by atoms with Crippen molar-refractivity contribution in [2.45, 2.75) is 58.0 Å². The molecular weight excluding hydrogens is 184 g/mol. The van der Waals surface area contributed by atoms with Crippen LogP contribution in [0.5, 0.6) is 0 Å². The molecule has 0 spiro atoms. The molecule has 88 valence electrons. The minimum absolute atomic E-state index is 0.349. The van der Waals surface area contributed by atoms with Gasteiger partial charge in [0.05, 0.1) is 0 Å². The summed E-state index contributed by atoms with van der Waals surface area (Å²) in [5.74, 6) is 1.03. The van der Waals surface area contributed by atoms with Crippen molar-refractivity contribution >= 4 is 0 Å². The molecule has 1 heterocycles. The molecule has 2 rings (SSSR count). The quantitative estimate of drug-likeness (QED) is 0.768. The monoisotopic (exact) mass is 210 g/mol. The van der Waals surface area contributed by atoms with E-state index in [0.717, 1.165) is 18.5 Å². The van der Waals surface area contributed by atoms with Gasteiger partial charge in [0.1, 0.15) is 0 Å². The lowest BCUT2D eigenvalue weighted by atomic mass is 9.80. The van der Waals surface area contributed by atoms with E-state index in [2.05, 4.69) is 31.0 Å². The minimum Gasteiger partial charge on any atom is -0.314 e. The Hall–Kier alpha value is -0.0800. The smallest absolute Gasteiger partial charge is 0.0281 e. The third-order valence-corrected chi connectivity index (χ3v) is 4.30. The SMILES string of the molecule is CC(CC1CCC1)N1CCNCC1(C)C. The predicted molar refractivity (Wildman–Crippen MR) is 65.1 cm³/mol. The van der Waals surface area contributed by atoms with Gasteiger partial charge in [0.15, 0.2) is 0 Å². The van der Waals surface area contributed by atoms with Crippen molar-refractivity contribution in [3.05, 3.63) is 0 Å². The van der Waals surface area contributed by atoms with Crippen LogP contribution in [0.1, 0.15) is 46.5 Å². The zero-order chi connectivity index (χ0) is 10.9. The first kappa shape index (κ1) is 11.4. The molecule has 15 heavy (non-hydrogen) atoms. The van der Waals surface area contributed by atoms with E-state index in [1.54, 1.807) is 0 Å². The molecule has 0 bridgehead atoms. The van der Waals surface area contributed by atoms with Gasteiger partial charge in [-0.3, -0.25) is 4.90 Å². The zero-order valence-corrected chi connectivity index (χ0v) is 10.6. The Balaban J connectivity index is 1.88. The lowest BCUT2D eigenvalue weighted by Crippen LogP contribution is -2.60. The molecule has 2 heteroatoms. The number of piperazine rings is 1. The average Bonchev–Trinajstić information content (AvgIpc) is 2.10. The topological polar surface area (TPSA) is 15.3 Å². The highest BCUT2D eigenvalue weighted by atomic mass is 15.3. The minimum atomic E-state index is 0.349. The molecule has 0 radical (unpaired) electrons. The van der Waals surface area contributed by atoms with Crippen LogP contribution in [0.2, 0.25) is 0 Å². The fraction of sp³-hybridized carbons (Fsp3) is 1.00. The largest absolute Gasteiger partial charge is 0.314 e. The third kappa shape index (κ3) is 2.54. The average molecular weight is 210 g/mol. The van der Waals surface area contributed by atoms with Crippen LogP contribution in [0, 0.1) is 5.92 Å². The Kier molecular flexibility index (Phi) is 3.36. The Morgan fingerprint density at radius 2 is 2.13 bits per heavy atom. The fourth-order valence-corrected chi connectivity index (χ4v) is 3.15. The Morgan fingerprint density at radius 3 is 2.67 bits per heavy atom. The molecule has 1 atom stereocenters. The van der Waals surface area contributed by atoms with Crippen molar-refractivity contribution in [1.82, 2.24) is 10.2 Å². The van der Waals surface area contributed by atoms with E-state index < -0.39 is 0 Å². The lowest BCUT2D eigenvalue weighted by molar-refractivity contribution is 0.0353. The van der Waals surface area contributed by atoms with Crippen LogP contribution < -0.4 is 5.32 Å². The van der Waals surface area contributed by atoms with Gasteiger partial charge in [-0.05, 0) is 33.1 Å². The summed E-state index contributed by atoms with van der Waals surface area (Å²) in [5, 5.41) is 3.50. The van der Waals surface area contributed by atoms with Crippen molar-refractivity contribution in [1.29, 1.82) is 0 Å². The number of nitrogens with zero attached hydrogens (tertiary/aromatic N) is 1. The Bertz CT molecular complexity index is 209. The van der Waals surface area contributed by atoms with E-state index in [9.17, 15) is 0 Å². The van der Waals surface area contributed by atoms with E-state index in [-0.39, 0.29) is 0 Å². The molecular formula is C13H26N2. The number of rotatable bonds is 3. The van der Waals surface area contributed by atoms with Crippen molar-refractivity contribution < 1.29 is 0 Å². The highest BCUT2D eigenvalue weighted by Gasteiger charge is 2.34. The van der Waals surface area contributed by atoms with Crippen LogP contribution in [0.3, 0.4) is 0 Å². The highest BCUT2D eigenvalue weighted by Crippen LogP contribution is 2.33. The van der Waals surface area contributed by atoms with Gasteiger partial charge in [0, 0.05) is 31.2 Å². The maximum atomic E-state index is 3.50. The van der Waals surface area contributed by atoms with Crippen LogP contribution in [0.4, 0.5) is 0 Å². The summed E-state index contributed by atoms with van der Waals surface area (Å²) in [6.45, 7) is 10.7. The fourth-order valence-electron chi connectivity index (χ4n) is 3.15. The second kappa shape index (κ2) is 4.42. The number of nitrogens with one attached hydrogen (secondary N) is 1. The molecule has 2 aliphatic rings. The van der Waals surface area contributed by atoms with Crippen molar-refractivity contribution in [3.8, 4) is 0 Å². The van der Waals surface area contributed by atoms with Gasteiger partial charge in [-0.2, -0.15) is 0 Å². The van der Waals surface area contributed by atoms with Crippen molar-refractivity contribution in [3.63, 3.8) is 0 Å². The van der Waals surface area contributed by atoms with Gasteiger partial charge in [-0.1, -0.05) is 19.3 Å². The van der Waals surface area contributed by atoms with Crippen molar-refractivity contribution in [2.75, 3.05) is 19.6 Å². The van der Waals surface area contributed by atoms with Gasteiger partial charge in [0.25, 0.3) is 0 Å². The van der Waals surface area contributed by atoms with Crippen LogP contribution in [0.15, 0.2) is 0 Å². The summed E-state index contributed by atoms with van der Waals surface area (Å²) in [4.78, 5) is 2.71. The molecule has 1 aliphatic carbocycles. The van der Waals surface area contributed by atoms with Crippen LogP contribution in [-0.4, -0.2) is 36.1 Å². The molecule has 0 aromatic heterocycles. The second-order valence-electron chi connectivity index (χ2n) is 6.06. The lowest BCUT2D eigenvalue weighted by Gasteiger charge is -2.47. The summed E-state index contributed by atoms with van der Waals surface area (Å²) < 4.78 is 0. The van der Waals surface area contributed by atoms with Crippen LogP contribution in [-0.2, 0) is 0 Å². The summed E-state index contributed by atoms with van der Waals surface area (Å²) >= 11 is 0. The summed E-state index contributed by atoms with van der Waals surface area (Å²) in [6.07, 6.45) is 5.86. The zero-order valence-electron chi connectivity index (χ0n) is 10.6. The molecule has 1 aliphatic heterocycles. The molecule has 1 N–H and O–H groups in total. The molecule has 1 saturated heterocycles. The van der Waals surface area contributed by atoms with E-state index in [0.29, 0.717) is 5.54 Å². The maximum absolute atomic E-state index is 3.50. The first-order valence-electron chi connectivity index (χ1n) is 6.57. The summed E-state index contributed by atoms with van der Waals surface area (Å²) in [7, 11) is 0. The molecule has 0 aromatic rings. The predicted octanol–water partition coefficient (Wildman–Crippen LogP) is 2.25. The summed E-state index contributed by atoms with van der Waals surface area (Å²) in [5.41, 5.74) is 0.349. The molecule has 0 amide bonds. The number of hydrogen-bond donors (Lipinski definition) is 1. The van der Waals surface area contributed by atoms with E-state index in [4.69, 9.17) is 0 Å². The molecule has 1 saturated carbocycles. The van der Waals surface area contributed by atoms with Gasteiger partial charge in [-0.15, -0.1) is 0 Å². The maximum Gasteiger partial charge on any atom is 0.0281 e.